The molecule has 0 saturated carbocycles. The number of ether oxygens (including phenoxy) is 2. The Kier molecular flexibility index (Phi) is 6.90. The zero-order chi connectivity index (χ0) is 28.9. The van der Waals surface area contributed by atoms with E-state index in [0.29, 0.717) is 30.3 Å². The van der Waals surface area contributed by atoms with Crippen molar-refractivity contribution in [1.82, 2.24) is 14.8 Å². The topological polar surface area (TPSA) is 74.9 Å². The average Bonchev–Trinajstić information content (AvgIpc) is 3.37. The van der Waals surface area contributed by atoms with Crippen LogP contribution < -0.4 is 9.47 Å². The van der Waals surface area contributed by atoms with Crippen LogP contribution >= 0.6 is 11.6 Å². The van der Waals surface area contributed by atoms with Gasteiger partial charge < -0.3 is 24.3 Å². The smallest absolute Gasteiger partial charge is 0.255 e. The van der Waals surface area contributed by atoms with E-state index >= 15 is 0 Å². The second-order valence-electron chi connectivity index (χ2n) is 10.7. The Morgan fingerprint density at radius 1 is 1.10 bits per heavy atom. The van der Waals surface area contributed by atoms with Gasteiger partial charge in [0.1, 0.15) is 12.4 Å². The summed E-state index contributed by atoms with van der Waals surface area (Å²) < 4.78 is 26.2. The third kappa shape index (κ3) is 4.32. The van der Waals surface area contributed by atoms with Crippen molar-refractivity contribution >= 4 is 34.3 Å². The maximum Gasteiger partial charge on any atom is 0.255 e. The molecule has 0 unspecified atom stereocenters. The Hall–Kier alpha value is -4.04. The molecule has 0 radical (unpaired) electrons. The van der Waals surface area contributed by atoms with Gasteiger partial charge in [0.05, 0.1) is 26.0 Å². The molecule has 4 aromatic rings. The lowest BCUT2D eigenvalue weighted by atomic mass is 9.76. The van der Waals surface area contributed by atoms with Crippen LogP contribution in [0.5, 0.6) is 11.5 Å². The van der Waals surface area contributed by atoms with Gasteiger partial charge in [0.2, 0.25) is 5.91 Å². The number of carbonyl (C=O) groups is 2. The van der Waals surface area contributed by atoms with Crippen LogP contribution in [-0.4, -0.2) is 53.4 Å². The fourth-order valence-corrected chi connectivity index (χ4v) is 6.43. The summed E-state index contributed by atoms with van der Waals surface area (Å²) in [6.07, 6.45) is 0.871. The maximum atomic E-state index is 14.7. The van der Waals surface area contributed by atoms with Crippen molar-refractivity contribution in [3.05, 3.63) is 93.9 Å². The predicted molar refractivity (Wildman–Crippen MR) is 155 cm³/mol. The second kappa shape index (κ2) is 10.4. The van der Waals surface area contributed by atoms with E-state index in [1.54, 1.807) is 25.0 Å². The van der Waals surface area contributed by atoms with Gasteiger partial charge >= 0.3 is 0 Å². The number of carbonyl (C=O) groups excluding carboxylic acids is 2. The first kappa shape index (κ1) is 27.1. The van der Waals surface area contributed by atoms with E-state index in [1.165, 1.54) is 17.0 Å². The molecule has 2 aliphatic heterocycles. The number of nitrogens with zero attached hydrogens (tertiary/aromatic N) is 2. The largest absolute Gasteiger partial charge is 0.493 e. The van der Waals surface area contributed by atoms with Crippen LogP contribution in [0.25, 0.3) is 10.9 Å². The molecule has 0 bridgehead atoms. The number of hydrogen-bond acceptors (Lipinski definition) is 4. The number of halogens is 2. The van der Waals surface area contributed by atoms with E-state index in [0.717, 1.165) is 28.5 Å². The van der Waals surface area contributed by atoms with Crippen molar-refractivity contribution in [3.8, 4) is 11.5 Å². The number of aromatic amines is 1. The first-order chi connectivity index (χ1) is 19.8. The number of amides is 2. The van der Waals surface area contributed by atoms with Crippen LogP contribution in [0.15, 0.2) is 60.7 Å². The highest BCUT2D eigenvalue weighted by Crippen LogP contribution is 2.49. The fraction of sp³-hybridized carbons (Fsp3) is 0.312. The molecule has 9 heteroatoms. The Labute approximate surface area is 242 Å². The lowest BCUT2D eigenvalue weighted by Crippen LogP contribution is -2.67. The van der Waals surface area contributed by atoms with Crippen LogP contribution in [0.1, 0.15) is 48.6 Å². The monoisotopic (exact) mass is 575 g/mol. The van der Waals surface area contributed by atoms with E-state index in [1.807, 2.05) is 49.4 Å². The van der Waals surface area contributed by atoms with Crippen molar-refractivity contribution in [1.29, 1.82) is 0 Å². The molecular weight excluding hydrogens is 545 g/mol. The molecule has 1 aromatic heterocycles. The molecule has 2 amide bonds. The number of para-hydroxylation sites is 1. The number of hydrogen-bond donors (Lipinski definition) is 1. The molecule has 212 valence electrons. The highest BCUT2D eigenvalue weighted by atomic mass is 35.5. The Morgan fingerprint density at radius 3 is 2.66 bits per heavy atom. The average molecular weight is 576 g/mol. The summed E-state index contributed by atoms with van der Waals surface area (Å²) in [5.74, 6) is 0.0184. The number of benzene rings is 3. The first-order valence-electron chi connectivity index (χ1n) is 13.7. The van der Waals surface area contributed by atoms with Crippen LogP contribution in [0.4, 0.5) is 4.39 Å². The van der Waals surface area contributed by atoms with E-state index in [4.69, 9.17) is 21.1 Å². The SMILES string of the molecule is CCCOc1ccc([C@H]2CN3C(=O)CN(Cc4c(F)cccc4Cl)C(=O)[C@]3(C)c3[nH]c4ccccc4c32)cc1OC. The summed E-state index contributed by atoms with van der Waals surface area (Å²) in [6, 6.07) is 18.1. The van der Waals surface area contributed by atoms with Gasteiger partial charge in [0, 0.05) is 34.0 Å². The number of nitrogens with one attached hydrogen (secondary N) is 1. The Bertz CT molecular complexity index is 1650. The number of aromatic nitrogens is 1. The quantitative estimate of drug-likeness (QED) is 0.294. The molecule has 0 aliphatic carbocycles. The molecule has 1 saturated heterocycles. The van der Waals surface area contributed by atoms with E-state index in [-0.39, 0.29) is 41.4 Å². The van der Waals surface area contributed by atoms with Gasteiger partial charge in [-0.15, -0.1) is 0 Å². The van der Waals surface area contributed by atoms with Gasteiger partial charge in [-0.3, -0.25) is 9.59 Å². The Morgan fingerprint density at radius 2 is 1.90 bits per heavy atom. The summed E-state index contributed by atoms with van der Waals surface area (Å²) >= 11 is 6.29. The van der Waals surface area contributed by atoms with Crippen molar-refractivity contribution in [2.24, 2.45) is 0 Å². The summed E-state index contributed by atoms with van der Waals surface area (Å²) in [7, 11) is 1.61. The van der Waals surface area contributed by atoms with Gasteiger partial charge in [-0.2, -0.15) is 0 Å². The number of methoxy groups -OCH3 is 1. The third-order valence-electron chi connectivity index (χ3n) is 8.28. The Balaban J connectivity index is 1.47. The lowest BCUT2D eigenvalue weighted by Gasteiger charge is -2.51. The zero-order valence-corrected chi connectivity index (χ0v) is 23.9. The summed E-state index contributed by atoms with van der Waals surface area (Å²) in [4.78, 5) is 34.6. The van der Waals surface area contributed by atoms with Crippen molar-refractivity contribution in [3.63, 3.8) is 0 Å². The number of fused-ring (bicyclic) bond motifs is 5. The molecule has 2 atom stereocenters. The minimum atomic E-state index is -1.31. The molecular formula is C32H31ClFN3O4. The lowest BCUT2D eigenvalue weighted by molar-refractivity contribution is -0.167. The number of H-pyrrole nitrogens is 1. The highest BCUT2D eigenvalue weighted by Gasteiger charge is 2.56. The maximum absolute atomic E-state index is 14.7. The third-order valence-corrected chi connectivity index (χ3v) is 8.63. The molecule has 1 fully saturated rings. The predicted octanol–water partition coefficient (Wildman–Crippen LogP) is 5.99. The normalized spacial score (nSPS) is 20.3. The molecule has 2 aliphatic rings. The van der Waals surface area contributed by atoms with E-state index in [2.05, 4.69) is 4.98 Å². The van der Waals surface area contributed by atoms with Crippen molar-refractivity contribution in [2.75, 3.05) is 26.8 Å². The first-order valence-corrected chi connectivity index (χ1v) is 14.1. The standard InChI is InChI=1S/C32H31ClFN3O4/c1-4-14-41-26-13-12-19(15-27(26)40-3)21-17-37-28(38)18-36(16-22-23(33)9-7-10-24(22)34)31(39)32(37,2)30-29(21)20-8-5-6-11-25(20)35-30/h5-13,15,21,35H,4,14,16-18H2,1-3H3/t21-,32+/m1/s1. The van der Waals surface area contributed by atoms with Crippen LogP contribution in [0.2, 0.25) is 5.02 Å². The minimum Gasteiger partial charge on any atom is -0.493 e. The minimum absolute atomic E-state index is 0.102. The van der Waals surface area contributed by atoms with Gasteiger partial charge in [0.25, 0.3) is 5.91 Å². The number of rotatable bonds is 7. The fourth-order valence-electron chi connectivity index (χ4n) is 6.21. The summed E-state index contributed by atoms with van der Waals surface area (Å²) in [6.45, 7) is 4.41. The van der Waals surface area contributed by atoms with Crippen molar-refractivity contribution in [2.45, 2.75) is 38.3 Å². The second-order valence-corrected chi connectivity index (χ2v) is 11.1. The molecule has 3 aromatic carbocycles. The van der Waals surface area contributed by atoms with Crippen LogP contribution in [-0.2, 0) is 21.7 Å². The molecule has 6 rings (SSSR count). The molecule has 0 spiro atoms. The molecule has 1 N–H and O–H groups in total. The zero-order valence-electron chi connectivity index (χ0n) is 23.2. The highest BCUT2D eigenvalue weighted by molar-refractivity contribution is 6.31. The van der Waals surface area contributed by atoms with Crippen LogP contribution in [0.3, 0.4) is 0 Å². The summed E-state index contributed by atoms with van der Waals surface area (Å²) in [5, 5.41) is 1.20. The van der Waals surface area contributed by atoms with Gasteiger partial charge in [-0.1, -0.05) is 48.9 Å². The van der Waals surface area contributed by atoms with Gasteiger partial charge in [-0.05, 0) is 54.8 Å². The van der Waals surface area contributed by atoms with Crippen LogP contribution in [0, 0.1) is 5.82 Å². The van der Waals surface area contributed by atoms with Crippen molar-refractivity contribution < 1.29 is 23.5 Å². The molecule has 7 nitrogen and oxygen atoms in total. The number of piperazine rings is 1. The van der Waals surface area contributed by atoms with Gasteiger partial charge in [0.15, 0.2) is 17.0 Å². The van der Waals surface area contributed by atoms with E-state index in [9.17, 15) is 14.0 Å². The van der Waals surface area contributed by atoms with Gasteiger partial charge in [-0.25, -0.2) is 4.39 Å². The molecule has 41 heavy (non-hydrogen) atoms. The molecule has 3 heterocycles. The summed E-state index contributed by atoms with van der Waals surface area (Å²) in [5.41, 5.74) is 2.30. The van der Waals surface area contributed by atoms with E-state index < -0.39 is 11.4 Å².